The first-order valence-electron chi connectivity index (χ1n) is 6.87. The summed E-state index contributed by atoms with van der Waals surface area (Å²) < 4.78 is 0. The molecule has 0 aliphatic heterocycles. The van der Waals surface area contributed by atoms with E-state index in [9.17, 15) is 10.2 Å². The zero-order chi connectivity index (χ0) is 15.6. The van der Waals surface area contributed by atoms with E-state index in [1.54, 1.807) is 0 Å². The summed E-state index contributed by atoms with van der Waals surface area (Å²) in [6.07, 6.45) is 0. The summed E-state index contributed by atoms with van der Waals surface area (Å²) in [4.78, 5) is 0. The van der Waals surface area contributed by atoms with Crippen LogP contribution in [0.25, 0.3) is 0 Å². The third kappa shape index (κ3) is 3.20. The maximum absolute atomic E-state index is 9.32. The van der Waals surface area contributed by atoms with Crippen LogP contribution >= 0.6 is 0 Å². The first kappa shape index (κ1) is 17.1. The average molecular weight is 307 g/mol. The van der Waals surface area contributed by atoms with E-state index in [0.29, 0.717) is 0 Å². The van der Waals surface area contributed by atoms with Gasteiger partial charge in [-0.2, -0.15) is 0 Å². The molecule has 0 heterocycles. The van der Waals surface area contributed by atoms with Gasteiger partial charge in [-0.3, -0.25) is 0 Å². The van der Waals surface area contributed by atoms with E-state index < -0.39 is 16.1 Å². The minimum Gasteiger partial charge on any atom is -0.392 e. The fourth-order valence-corrected chi connectivity index (χ4v) is 5.71. The van der Waals surface area contributed by atoms with E-state index >= 15 is 0 Å². The van der Waals surface area contributed by atoms with Gasteiger partial charge in [0.2, 0.25) is 0 Å². The molecule has 4 heteroatoms. The highest BCUT2D eigenvalue weighted by atomic mass is 28.3. The van der Waals surface area contributed by atoms with Crippen LogP contribution in [0.1, 0.15) is 0 Å². The lowest BCUT2D eigenvalue weighted by Crippen LogP contribution is -2.48. The van der Waals surface area contributed by atoms with E-state index in [2.05, 4.69) is 63.6 Å². The lowest BCUT2D eigenvalue weighted by Gasteiger charge is -2.28. The van der Waals surface area contributed by atoms with Crippen LogP contribution in [0.2, 0.25) is 26.2 Å². The number of benzene rings is 1. The Kier molecular flexibility index (Phi) is 5.32. The van der Waals surface area contributed by atoms with E-state index in [0.717, 1.165) is 10.4 Å². The average Bonchev–Trinajstić information content (AvgIpc) is 2.45. The molecular formula is C16H26O2Si2. The molecule has 2 nitrogen and oxygen atoms in total. The molecule has 0 spiro atoms. The molecule has 0 aliphatic carbocycles. The molecule has 0 saturated carbocycles. The molecule has 0 saturated heterocycles. The van der Waals surface area contributed by atoms with Gasteiger partial charge >= 0.3 is 0 Å². The van der Waals surface area contributed by atoms with Gasteiger partial charge in [0.15, 0.2) is 0 Å². The number of aliphatic hydroxyl groups excluding tert-OH is 2. The molecule has 0 atom stereocenters. The van der Waals surface area contributed by atoms with Gasteiger partial charge in [0.05, 0.1) is 13.2 Å². The normalized spacial score (nSPS) is 12.3. The first-order chi connectivity index (χ1) is 9.17. The second-order valence-corrected chi connectivity index (χ2v) is 15.4. The van der Waals surface area contributed by atoms with Gasteiger partial charge in [-0.15, -0.1) is 13.2 Å². The molecule has 20 heavy (non-hydrogen) atoms. The van der Waals surface area contributed by atoms with Crippen LogP contribution in [0.5, 0.6) is 0 Å². The van der Waals surface area contributed by atoms with Crippen LogP contribution in [-0.2, 0) is 0 Å². The minimum atomic E-state index is -1.80. The summed E-state index contributed by atoms with van der Waals surface area (Å²) in [7, 11) is -3.60. The Bertz CT molecular complexity index is 455. The molecule has 0 radical (unpaired) electrons. The Balaban J connectivity index is 3.12. The van der Waals surface area contributed by atoms with Crippen LogP contribution in [-0.4, -0.2) is 39.6 Å². The number of rotatable bonds is 6. The summed E-state index contributed by atoms with van der Waals surface area (Å²) in [6.45, 7) is 16.9. The van der Waals surface area contributed by atoms with Crippen molar-refractivity contribution in [1.82, 2.24) is 0 Å². The Morgan fingerprint density at radius 3 is 1.25 bits per heavy atom. The smallest absolute Gasteiger partial charge is 0.109 e. The second-order valence-electron chi connectivity index (χ2n) is 6.35. The summed E-state index contributed by atoms with van der Waals surface area (Å²) in [6, 6.07) is 8.62. The summed E-state index contributed by atoms with van der Waals surface area (Å²) >= 11 is 0. The third-order valence-electron chi connectivity index (χ3n) is 4.48. The van der Waals surface area contributed by atoms with Crippen LogP contribution in [0.15, 0.2) is 47.8 Å². The van der Waals surface area contributed by atoms with Crippen molar-refractivity contribution < 1.29 is 10.2 Å². The summed E-state index contributed by atoms with van der Waals surface area (Å²) in [5, 5.41) is 23.1. The number of aliphatic hydroxyl groups is 2. The minimum absolute atomic E-state index is 0.0581. The summed E-state index contributed by atoms with van der Waals surface area (Å²) in [5.41, 5.74) is 0. The molecular weight excluding hydrogens is 280 g/mol. The van der Waals surface area contributed by atoms with E-state index in [1.165, 1.54) is 10.4 Å². The predicted molar refractivity (Wildman–Crippen MR) is 93.1 cm³/mol. The van der Waals surface area contributed by atoms with Gasteiger partial charge in [-0.1, -0.05) is 71.2 Å². The Morgan fingerprint density at radius 2 is 1.05 bits per heavy atom. The lowest BCUT2D eigenvalue weighted by atomic mass is 10.4. The van der Waals surface area contributed by atoms with Crippen molar-refractivity contribution >= 4 is 26.5 Å². The van der Waals surface area contributed by atoms with E-state index in [4.69, 9.17) is 0 Å². The Morgan fingerprint density at radius 1 is 0.800 bits per heavy atom. The summed E-state index contributed by atoms with van der Waals surface area (Å²) in [5.74, 6) is 0. The van der Waals surface area contributed by atoms with E-state index in [1.807, 2.05) is 0 Å². The molecule has 2 N–H and O–H groups in total. The SMILES string of the molecule is C=C(CO)[Si](C)(C)c1ccc([Si](C)(C)C(=C)CO)cc1. The van der Waals surface area contributed by atoms with E-state index in [-0.39, 0.29) is 13.2 Å². The highest BCUT2D eigenvalue weighted by molar-refractivity contribution is 6.97. The molecule has 0 amide bonds. The zero-order valence-corrected chi connectivity index (χ0v) is 15.0. The molecule has 0 aliphatic rings. The number of hydrogen-bond donors (Lipinski definition) is 2. The van der Waals surface area contributed by atoms with Crippen LogP contribution in [0.3, 0.4) is 0 Å². The molecule has 110 valence electrons. The maximum atomic E-state index is 9.32. The fraction of sp³-hybridized carbons (Fsp3) is 0.375. The standard InChI is InChI=1S/C16H26O2Si2/c1-13(11-17)19(3,4)15-7-9-16(10-8-15)20(5,6)14(2)12-18/h7-10,17-18H,1-2,11-12H2,3-6H3. The topological polar surface area (TPSA) is 40.5 Å². The highest BCUT2D eigenvalue weighted by Gasteiger charge is 2.29. The maximum Gasteiger partial charge on any atom is 0.109 e. The molecule has 0 fully saturated rings. The van der Waals surface area contributed by atoms with Crippen molar-refractivity contribution in [3.63, 3.8) is 0 Å². The van der Waals surface area contributed by atoms with Crippen LogP contribution < -0.4 is 10.4 Å². The molecule has 1 aromatic rings. The van der Waals surface area contributed by atoms with Crippen molar-refractivity contribution in [2.75, 3.05) is 13.2 Å². The van der Waals surface area contributed by atoms with Crippen LogP contribution in [0.4, 0.5) is 0 Å². The zero-order valence-electron chi connectivity index (χ0n) is 13.0. The Hall–Kier alpha value is -0.946. The quantitative estimate of drug-likeness (QED) is 0.785. The first-order valence-corrected chi connectivity index (χ1v) is 12.9. The van der Waals surface area contributed by atoms with Crippen molar-refractivity contribution in [3.05, 3.63) is 47.8 Å². The third-order valence-corrected chi connectivity index (χ3v) is 11.9. The van der Waals surface area contributed by atoms with Gasteiger partial charge in [0.25, 0.3) is 0 Å². The molecule has 0 bridgehead atoms. The number of hydrogen-bond acceptors (Lipinski definition) is 2. The van der Waals surface area contributed by atoms with Crippen molar-refractivity contribution in [3.8, 4) is 0 Å². The fourth-order valence-electron chi connectivity index (χ4n) is 2.11. The predicted octanol–water partition coefficient (Wildman–Crippen LogP) is 1.69. The molecule has 0 aromatic heterocycles. The molecule has 1 rings (SSSR count). The van der Waals surface area contributed by atoms with Gasteiger partial charge < -0.3 is 10.2 Å². The van der Waals surface area contributed by atoms with Crippen LogP contribution in [0, 0.1) is 0 Å². The highest BCUT2D eigenvalue weighted by Crippen LogP contribution is 2.15. The van der Waals surface area contributed by atoms with Crippen molar-refractivity contribution in [1.29, 1.82) is 0 Å². The van der Waals surface area contributed by atoms with Gasteiger partial charge in [0, 0.05) is 0 Å². The lowest BCUT2D eigenvalue weighted by molar-refractivity contribution is 0.337. The van der Waals surface area contributed by atoms with Crippen molar-refractivity contribution in [2.45, 2.75) is 26.2 Å². The second kappa shape index (κ2) is 6.22. The Labute approximate surface area is 124 Å². The van der Waals surface area contributed by atoms with Gasteiger partial charge in [-0.05, 0) is 0 Å². The molecule has 0 unspecified atom stereocenters. The van der Waals surface area contributed by atoms with Gasteiger partial charge in [0.1, 0.15) is 16.1 Å². The molecule has 1 aromatic carbocycles. The van der Waals surface area contributed by atoms with Crippen molar-refractivity contribution in [2.24, 2.45) is 0 Å². The largest absolute Gasteiger partial charge is 0.392 e. The monoisotopic (exact) mass is 306 g/mol. The van der Waals surface area contributed by atoms with Gasteiger partial charge in [-0.25, -0.2) is 0 Å².